The third-order valence-electron chi connectivity index (χ3n) is 3.33. The summed E-state index contributed by atoms with van der Waals surface area (Å²) in [5.74, 6) is 0.00220. The molecule has 0 fully saturated rings. The van der Waals surface area contributed by atoms with Crippen molar-refractivity contribution in [1.29, 1.82) is 0 Å². The lowest BCUT2D eigenvalue weighted by Gasteiger charge is -2.11. The van der Waals surface area contributed by atoms with Gasteiger partial charge in [0.15, 0.2) is 12.9 Å². The molecule has 2 rings (SSSR count). The highest BCUT2D eigenvalue weighted by Gasteiger charge is 2.28. The molecule has 0 saturated heterocycles. The van der Waals surface area contributed by atoms with Gasteiger partial charge >= 0.3 is 6.18 Å². The molecule has 7 heteroatoms. The average molecular weight is 312 g/mol. The summed E-state index contributed by atoms with van der Waals surface area (Å²) in [5, 5.41) is 4.27. The van der Waals surface area contributed by atoms with E-state index in [-0.39, 0.29) is 11.3 Å². The summed E-state index contributed by atoms with van der Waals surface area (Å²) in [7, 11) is 1.78. The second-order valence-corrected chi connectivity index (χ2v) is 4.94. The topological polar surface area (TPSA) is 44.1 Å². The van der Waals surface area contributed by atoms with E-state index in [2.05, 4.69) is 9.84 Å². The standard InChI is InChI=1S/C15H15F3N2O2/c1-9-14(10(2)20(3)19-9)13-5-4-12(6-11(13)7-21)22-8-15(16,17)18/h4-7H,8H2,1-3H3. The smallest absolute Gasteiger partial charge is 0.422 e. The number of rotatable bonds is 4. The fourth-order valence-corrected chi connectivity index (χ4v) is 2.28. The summed E-state index contributed by atoms with van der Waals surface area (Å²) >= 11 is 0. The molecule has 1 aromatic heterocycles. The highest BCUT2D eigenvalue weighted by molar-refractivity contribution is 5.89. The zero-order valence-corrected chi connectivity index (χ0v) is 12.4. The van der Waals surface area contributed by atoms with Gasteiger partial charge in [-0.1, -0.05) is 0 Å². The zero-order valence-electron chi connectivity index (χ0n) is 12.4. The molecule has 0 unspecified atom stereocenters. The number of aromatic nitrogens is 2. The van der Waals surface area contributed by atoms with Gasteiger partial charge in [0.05, 0.1) is 5.69 Å². The van der Waals surface area contributed by atoms with Crippen LogP contribution in [0.2, 0.25) is 0 Å². The molecule has 4 nitrogen and oxygen atoms in total. The van der Waals surface area contributed by atoms with Crippen LogP contribution in [0.5, 0.6) is 5.75 Å². The molecule has 0 bridgehead atoms. The first kappa shape index (κ1) is 16.1. The summed E-state index contributed by atoms with van der Waals surface area (Å²) in [6, 6.07) is 4.30. The lowest BCUT2D eigenvalue weighted by molar-refractivity contribution is -0.153. The van der Waals surface area contributed by atoms with E-state index in [1.54, 1.807) is 17.8 Å². The molecule has 0 atom stereocenters. The van der Waals surface area contributed by atoms with Crippen LogP contribution in [-0.4, -0.2) is 28.8 Å². The molecule has 22 heavy (non-hydrogen) atoms. The van der Waals surface area contributed by atoms with Crippen LogP contribution in [0.3, 0.4) is 0 Å². The van der Waals surface area contributed by atoms with E-state index >= 15 is 0 Å². The molecule has 2 aromatic rings. The van der Waals surface area contributed by atoms with Gasteiger partial charge in [0, 0.05) is 23.9 Å². The summed E-state index contributed by atoms with van der Waals surface area (Å²) < 4.78 is 42.9. The zero-order chi connectivity index (χ0) is 16.5. The number of ether oxygens (including phenoxy) is 1. The van der Waals surface area contributed by atoms with E-state index in [0.29, 0.717) is 11.8 Å². The van der Waals surface area contributed by atoms with Crippen LogP contribution < -0.4 is 4.74 Å². The van der Waals surface area contributed by atoms with Crippen molar-refractivity contribution in [3.63, 3.8) is 0 Å². The third-order valence-corrected chi connectivity index (χ3v) is 3.33. The van der Waals surface area contributed by atoms with Gasteiger partial charge in [-0.15, -0.1) is 0 Å². The van der Waals surface area contributed by atoms with Gasteiger partial charge in [-0.2, -0.15) is 18.3 Å². The van der Waals surface area contributed by atoms with Crippen molar-refractivity contribution < 1.29 is 22.7 Å². The first-order chi connectivity index (χ1) is 10.2. The van der Waals surface area contributed by atoms with Crippen molar-refractivity contribution in [2.24, 2.45) is 7.05 Å². The summed E-state index contributed by atoms with van der Waals surface area (Å²) in [5.41, 5.74) is 3.29. The number of hydrogen-bond donors (Lipinski definition) is 0. The predicted octanol–water partition coefficient (Wildman–Crippen LogP) is 3.46. The van der Waals surface area contributed by atoms with Crippen LogP contribution in [0.4, 0.5) is 13.2 Å². The predicted molar refractivity (Wildman–Crippen MR) is 75.1 cm³/mol. The minimum atomic E-state index is -4.42. The monoisotopic (exact) mass is 312 g/mol. The van der Waals surface area contributed by atoms with Gasteiger partial charge < -0.3 is 4.74 Å². The maximum Gasteiger partial charge on any atom is 0.422 e. The van der Waals surface area contributed by atoms with Gasteiger partial charge in [-0.25, -0.2) is 0 Å². The minimum absolute atomic E-state index is 0.00220. The Bertz CT molecular complexity index is 706. The molecule has 0 saturated carbocycles. The first-order valence-electron chi connectivity index (χ1n) is 6.52. The van der Waals surface area contributed by atoms with Crippen LogP contribution in [0.15, 0.2) is 18.2 Å². The van der Waals surface area contributed by atoms with Crippen molar-refractivity contribution in [2.75, 3.05) is 6.61 Å². The molecular weight excluding hydrogens is 297 g/mol. The Labute approximate surface area is 125 Å². The number of carbonyl (C=O) groups excluding carboxylic acids is 1. The number of carbonyl (C=O) groups is 1. The van der Waals surface area contributed by atoms with Crippen LogP contribution >= 0.6 is 0 Å². The quantitative estimate of drug-likeness (QED) is 0.812. The van der Waals surface area contributed by atoms with Gasteiger partial charge in [0.25, 0.3) is 0 Å². The van der Waals surface area contributed by atoms with E-state index in [1.165, 1.54) is 12.1 Å². The molecule has 1 heterocycles. The van der Waals surface area contributed by atoms with Crippen molar-refractivity contribution in [3.05, 3.63) is 35.2 Å². The lowest BCUT2D eigenvalue weighted by Crippen LogP contribution is -2.19. The Morgan fingerprint density at radius 3 is 2.50 bits per heavy atom. The van der Waals surface area contributed by atoms with E-state index < -0.39 is 12.8 Å². The first-order valence-corrected chi connectivity index (χ1v) is 6.52. The normalized spacial score (nSPS) is 11.5. The van der Waals surface area contributed by atoms with Gasteiger partial charge in [0.1, 0.15) is 5.75 Å². The Morgan fingerprint density at radius 2 is 2.00 bits per heavy atom. The number of aldehydes is 1. The van der Waals surface area contributed by atoms with Crippen LogP contribution in [-0.2, 0) is 7.05 Å². The molecule has 0 spiro atoms. The SMILES string of the molecule is Cc1nn(C)c(C)c1-c1ccc(OCC(F)(F)F)cc1C=O. The van der Waals surface area contributed by atoms with Gasteiger partial charge in [-0.05, 0) is 37.6 Å². The molecule has 0 radical (unpaired) electrons. The maximum absolute atomic E-state index is 12.2. The largest absolute Gasteiger partial charge is 0.484 e. The minimum Gasteiger partial charge on any atom is -0.484 e. The second kappa shape index (κ2) is 5.82. The Morgan fingerprint density at radius 1 is 1.32 bits per heavy atom. The molecular formula is C15H15F3N2O2. The molecule has 0 amide bonds. The Hall–Kier alpha value is -2.31. The van der Waals surface area contributed by atoms with E-state index in [9.17, 15) is 18.0 Å². The summed E-state index contributed by atoms with van der Waals surface area (Å²) in [4.78, 5) is 11.3. The molecule has 0 aliphatic heterocycles. The fourth-order valence-electron chi connectivity index (χ4n) is 2.28. The molecule has 118 valence electrons. The van der Waals surface area contributed by atoms with Crippen molar-refractivity contribution in [2.45, 2.75) is 20.0 Å². The number of nitrogens with zero attached hydrogens (tertiary/aromatic N) is 2. The molecule has 0 aliphatic rings. The fraction of sp³-hybridized carbons (Fsp3) is 0.333. The third kappa shape index (κ3) is 3.29. The van der Waals surface area contributed by atoms with Crippen LogP contribution in [0, 0.1) is 13.8 Å². The Balaban J connectivity index is 2.40. The molecule has 1 aromatic carbocycles. The number of alkyl halides is 3. The lowest BCUT2D eigenvalue weighted by atomic mass is 9.98. The Kier molecular flexibility index (Phi) is 4.25. The highest BCUT2D eigenvalue weighted by atomic mass is 19.4. The number of aryl methyl sites for hydroxylation is 2. The second-order valence-electron chi connectivity index (χ2n) is 4.94. The van der Waals surface area contributed by atoms with Crippen molar-refractivity contribution >= 4 is 6.29 Å². The van der Waals surface area contributed by atoms with Gasteiger partial charge in [0.2, 0.25) is 0 Å². The van der Waals surface area contributed by atoms with Gasteiger partial charge in [-0.3, -0.25) is 9.48 Å². The van der Waals surface area contributed by atoms with Crippen LogP contribution in [0.25, 0.3) is 11.1 Å². The average Bonchev–Trinajstić information content (AvgIpc) is 2.69. The van der Waals surface area contributed by atoms with E-state index in [4.69, 9.17) is 0 Å². The molecule has 0 N–H and O–H groups in total. The van der Waals surface area contributed by atoms with Crippen molar-refractivity contribution in [3.8, 4) is 16.9 Å². The van der Waals surface area contributed by atoms with E-state index in [1.807, 2.05) is 13.8 Å². The number of benzene rings is 1. The highest BCUT2D eigenvalue weighted by Crippen LogP contribution is 2.31. The summed E-state index contributed by atoms with van der Waals surface area (Å²) in [6.45, 7) is 2.28. The van der Waals surface area contributed by atoms with Crippen molar-refractivity contribution in [1.82, 2.24) is 9.78 Å². The summed E-state index contributed by atoms with van der Waals surface area (Å²) in [6.07, 6.45) is -3.82. The maximum atomic E-state index is 12.2. The molecule has 0 aliphatic carbocycles. The van der Waals surface area contributed by atoms with E-state index in [0.717, 1.165) is 17.0 Å². The number of halogens is 3. The number of hydrogen-bond acceptors (Lipinski definition) is 3. The van der Waals surface area contributed by atoms with Crippen LogP contribution in [0.1, 0.15) is 21.7 Å².